The van der Waals surface area contributed by atoms with Gasteiger partial charge in [0.25, 0.3) is 5.91 Å². The lowest BCUT2D eigenvalue weighted by atomic mass is 10.2. The van der Waals surface area contributed by atoms with Gasteiger partial charge in [-0.15, -0.1) is 10.2 Å². The normalized spacial score (nSPS) is 17.6. The maximum absolute atomic E-state index is 12.2. The molecule has 3 aromatic rings. The molecule has 1 aliphatic heterocycles. The van der Waals surface area contributed by atoms with Crippen molar-refractivity contribution >= 4 is 17.4 Å². The standard InChI is InChI=1S/C15H15N7O/c23-15(12-3-1-2-5-16-12)19-11-4-7-21(9-11)13-14-20-18-10-22(14)8-6-17-13/h1-3,5-6,8,10-11H,4,7,9H2,(H,19,23)/t11-/m1/s1. The highest BCUT2D eigenvalue weighted by atomic mass is 16.1. The fourth-order valence-electron chi connectivity index (χ4n) is 2.80. The Bertz CT molecular complexity index is 832. The molecule has 4 rings (SSSR count). The van der Waals surface area contributed by atoms with Crippen LogP contribution in [0.5, 0.6) is 0 Å². The number of carbonyl (C=O) groups is 1. The summed E-state index contributed by atoms with van der Waals surface area (Å²) >= 11 is 0. The number of rotatable bonds is 3. The summed E-state index contributed by atoms with van der Waals surface area (Å²) in [6.07, 6.45) is 7.67. The molecule has 1 saturated heterocycles. The summed E-state index contributed by atoms with van der Waals surface area (Å²) in [7, 11) is 0. The summed E-state index contributed by atoms with van der Waals surface area (Å²) in [6.45, 7) is 1.50. The highest BCUT2D eigenvalue weighted by Gasteiger charge is 2.27. The van der Waals surface area contributed by atoms with Gasteiger partial charge in [0, 0.05) is 37.7 Å². The predicted molar refractivity (Wildman–Crippen MR) is 83.1 cm³/mol. The van der Waals surface area contributed by atoms with Crippen molar-refractivity contribution in [2.24, 2.45) is 0 Å². The van der Waals surface area contributed by atoms with Crippen molar-refractivity contribution < 1.29 is 4.79 Å². The van der Waals surface area contributed by atoms with Crippen molar-refractivity contribution in [3.8, 4) is 0 Å². The van der Waals surface area contributed by atoms with Crippen molar-refractivity contribution in [1.82, 2.24) is 29.9 Å². The molecule has 0 saturated carbocycles. The number of carbonyl (C=O) groups excluding carboxylic acids is 1. The Labute approximate surface area is 132 Å². The van der Waals surface area contributed by atoms with Gasteiger partial charge in [-0.25, -0.2) is 4.98 Å². The number of aromatic nitrogens is 5. The van der Waals surface area contributed by atoms with Crippen molar-refractivity contribution in [2.45, 2.75) is 12.5 Å². The molecule has 1 atom stereocenters. The maximum atomic E-state index is 12.2. The van der Waals surface area contributed by atoms with Crippen LogP contribution in [0.25, 0.3) is 5.65 Å². The first-order valence-electron chi connectivity index (χ1n) is 7.42. The van der Waals surface area contributed by atoms with Gasteiger partial charge in [0.1, 0.15) is 12.0 Å². The van der Waals surface area contributed by atoms with E-state index in [1.807, 2.05) is 10.6 Å². The Morgan fingerprint density at radius 1 is 1.26 bits per heavy atom. The molecule has 1 aliphatic rings. The van der Waals surface area contributed by atoms with Crippen molar-refractivity contribution in [3.05, 3.63) is 48.8 Å². The van der Waals surface area contributed by atoms with Gasteiger partial charge in [0.2, 0.25) is 5.65 Å². The van der Waals surface area contributed by atoms with Crippen LogP contribution in [0, 0.1) is 0 Å². The number of anilines is 1. The van der Waals surface area contributed by atoms with E-state index in [2.05, 4.69) is 30.4 Å². The first-order valence-corrected chi connectivity index (χ1v) is 7.42. The number of hydrogen-bond acceptors (Lipinski definition) is 6. The van der Waals surface area contributed by atoms with Crippen LogP contribution in [0.2, 0.25) is 0 Å². The molecule has 0 aliphatic carbocycles. The molecule has 0 spiro atoms. The maximum Gasteiger partial charge on any atom is 0.270 e. The topological polar surface area (TPSA) is 88.3 Å². The van der Waals surface area contributed by atoms with Crippen molar-refractivity contribution in [1.29, 1.82) is 0 Å². The third-order valence-electron chi connectivity index (χ3n) is 3.92. The van der Waals surface area contributed by atoms with E-state index in [9.17, 15) is 4.79 Å². The van der Waals surface area contributed by atoms with E-state index < -0.39 is 0 Å². The van der Waals surface area contributed by atoms with Crippen LogP contribution in [0.1, 0.15) is 16.9 Å². The smallest absolute Gasteiger partial charge is 0.270 e. The molecular formula is C15H15N7O. The lowest BCUT2D eigenvalue weighted by Crippen LogP contribution is -2.37. The van der Waals surface area contributed by atoms with Crippen LogP contribution < -0.4 is 10.2 Å². The number of amides is 1. The summed E-state index contributed by atoms with van der Waals surface area (Å²) in [4.78, 5) is 22.8. The molecule has 1 N–H and O–H groups in total. The van der Waals surface area contributed by atoms with Crippen LogP contribution in [0.4, 0.5) is 5.82 Å². The molecule has 0 radical (unpaired) electrons. The van der Waals surface area contributed by atoms with Crippen LogP contribution in [0.3, 0.4) is 0 Å². The molecule has 0 bridgehead atoms. The second-order valence-corrected chi connectivity index (χ2v) is 5.43. The molecule has 0 aromatic carbocycles. The number of hydrogen-bond donors (Lipinski definition) is 1. The predicted octanol–water partition coefficient (Wildman–Crippen LogP) is 0.528. The third-order valence-corrected chi connectivity index (χ3v) is 3.92. The van der Waals surface area contributed by atoms with Gasteiger partial charge in [-0.2, -0.15) is 0 Å². The number of fused-ring (bicyclic) bond motifs is 1. The molecule has 1 amide bonds. The van der Waals surface area contributed by atoms with E-state index in [1.165, 1.54) is 0 Å². The largest absolute Gasteiger partial charge is 0.351 e. The van der Waals surface area contributed by atoms with Crippen LogP contribution >= 0.6 is 0 Å². The van der Waals surface area contributed by atoms with Crippen LogP contribution in [0.15, 0.2) is 43.1 Å². The highest BCUT2D eigenvalue weighted by molar-refractivity contribution is 5.92. The summed E-state index contributed by atoms with van der Waals surface area (Å²) < 4.78 is 1.84. The van der Waals surface area contributed by atoms with E-state index in [-0.39, 0.29) is 11.9 Å². The number of pyridine rings is 1. The second kappa shape index (κ2) is 5.64. The Morgan fingerprint density at radius 2 is 2.22 bits per heavy atom. The second-order valence-electron chi connectivity index (χ2n) is 5.43. The van der Waals surface area contributed by atoms with Crippen LogP contribution in [-0.2, 0) is 0 Å². The minimum atomic E-state index is -0.147. The summed E-state index contributed by atoms with van der Waals surface area (Å²) in [5, 5.41) is 11.0. The number of nitrogens with one attached hydrogen (secondary N) is 1. The first kappa shape index (κ1) is 13.6. The summed E-state index contributed by atoms with van der Waals surface area (Å²) in [5.41, 5.74) is 1.16. The zero-order chi connectivity index (χ0) is 15.6. The molecular weight excluding hydrogens is 294 g/mol. The fourth-order valence-corrected chi connectivity index (χ4v) is 2.80. The number of nitrogens with zero attached hydrogens (tertiary/aromatic N) is 6. The molecule has 8 heteroatoms. The Balaban J connectivity index is 1.47. The van der Waals surface area contributed by atoms with Crippen molar-refractivity contribution in [2.75, 3.05) is 18.0 Å². The van der Waals surface area contributed by atoms with Gasteiger partial charge in [0.15, 0.2) is 5.82 Å². The van der Waals surface area contributed by atoms with E-state index in [0.717, 1.165) is 24.4 Å². The molecule has 8 nitrogen and oxygen atoms in total. The molecule has 1 fully saturated rings. The van der Waals surface area contributed by atoms with Gasteiger partial charge in [0.05, 0.1) is 0 Å². The minimum absolute atomic E-state index is 0.0643. The van der Waals surface area contributed by atoms with E-state index in [4.69, 9.17) is 0 Å². The van der Waals surface area contributed by atoms with E-state index >= 15 is 0 Å². The van der Waals surface area contributed by atoms with Gasteiger partial charge >= 0.3 is 0 Å². The summed E-state index contributed by atoms with van der Waals surface area (Å²) in [6, 6.07) is 5.37. The molecule has 116 valence electrons. The Hall–Kier alpha value is -3.03. The minimum Gasteiger partial charge on any atom is -0.351 e. The molecule has 3 aromatic heterocycles. The third kappa shape index (κ3) is 2.59. The van der Waals surface area contributed by atoms with Gasteiger partial charge in [-0.05, 0) is 18.6 Å². The van der Waals surface area contributed by atoms with E-state index in [0.29, 0.717) is 12.2 Å². The summed E-state index contributed by atoms with van der Waals surface area (Å²) in [5.74, 6) is 0.644. The van der Waals surface area contributed by atoms with E-state index in [1.54, 1.807) is 36.9 Å². The zero-order valence-corrected chi connectivity index (χ0v) is 12.3. The molecule has 0 unspecified atom stereocenters. The van der Waals surface area contributed by atoms with Crippen molar-refractivity contribution in [3.63, 3.8) is 0 Å². The lowest BCUT2D eigenvalue weighted by Gasteiger charge is -2.18. The zero-order valence-electron chi connectivity index (χ0n) is 12.3. The SMILES string of the molecule is O=C(N[C@@H]1CCN(c2nccn3cnnc23)C1)c1ccccn1. The van der Waals surface area contributed by atoms with Gasteiger partial charge in [-0.3, -0.25) is 14.2 Å². The molecule has 4 heterocycles. The quantitative estimate of drug-likeness (QED) is 0.759. The highest BCUT2D eigenvalue weighted by Crippen LogP contribution is 2.21. The average molecular weight is 309 g/mol. The Morgan fingerprint density at radius 3 is 3.09 bits per heavy atom. The Kier molecular flexibility index (Phi) is 3.34. The average Bonchev–Trinajstić information content (AvgIpc) is 3.24. The van der Waals surface area contributed by atoms with Crippen LogP contribution in [-0.4, -0.2) is 49.6 Å². The first-order chi connectivity index (χ1) is 11.3. The van der Waals surface area contributed by atoms with Gasteiger partial charge in [-0.1, -0.05) is 6.07 Å². The monoisotopic (exact) mass is 309 g/mol. The van der Waals surface area contributed by atoms with Gasteiger partial charge < -0.3 is 10.2 Å². The molecule has 23 heavy (non-hydrogen) atoms. The lowest BCUT2D eigenvalue weighted by molar-refractivity contribution is 0.0935. The fraction of sp³-hybridized carbons (Fsp3) is 0.267.